The highest BCUT2D eigenvalue weighted by atomic mass is 16.5. The maximum absolute atomic E-state index is 12.4. The van der Waals surface area contributed by atoms with Crippen LogP contribution in [0.1, 0.15) is 81.5 Å². The molecule has 0 spiro atoms. The minimum Gasteiger partial charge on any atom is -0.494 e. The number of ether oxygens (including phenoxy) is 1. The molecular weight excluding hydrogens is 426 g/mol. The topological polar surface area (TPSA) is 79.5 Å². The molecule has 6 nitrogen and oxygen atoms in total. The van der Waals surface area contributed by atoms with Crippen LogP contribution in [0.2, 0.25) is 0 Å². The maximum atomic E-state index is 12.4. The van der Waals surface area contributed by atoms with E-state index in [2.05, 4.69) is 22.9 Å². The van der Waals surface area contributed by atoms with Crippen molar-refractivity contribution in [1.82, 2.24) is 5.32 Å². The maximum Gasteiger partial charge on any atom is 0.251 e. The van der Waals surface area contributed by atoms with Crippen LogP contribution >= 0.6 is 0 Å². The summed E-state index contributed by atoms with van der Waals surface area (Å²) in [5.41, 5.74) is 2.15. The molecule has 184 valence electrons. The molecule has 2 amide bonds. The number of nitrogens with one attached hydrogen (secondary N) is 3. The van der Waals surface area contributed by atoms with Crippen LogP contribution in [0.15, 0.2) is 48.5 Å². The summed E-state index contributed by atoms with van der Waals surface area (Å²) in [5, 5.41) is 9.10. The van der Waals surface area contributed by atoms with Crippen molar-refractivity contribution in [1.29, 1.82) is 0 Å². The number of benzene rings is 2. The second-order valence-electron chi connectivity index (χ2n) is 9.07. The first-order valence-electron chi connectivity index (χ1n) is 12.8. The normalized spacial score (nSPS) is 13.8. The first-order valence-corrected chi connectivity index (χ1v) is 12.8. The highest BCUT2D eigenvalue weighted by Gasteiger charge is 2.16. The van der Waals surface area contributed by atoms with Crippen LogP contribution in [0.4, 0.5) is 11.4 Å². The van der Waals surface area contributed by atoms with Crippen molar-refractivity contribution in [2.24, 2.45) is 0 Å². The van der Waals surface area contributed by atoms with Crippen molar-refractivity contribution >= 4 is 23.2 Å². The van der Waals surface area contributed by atoms with Gasteiger partial charge in [0, 0.05) is 23.0 Å². The second-order valence-corrected chi connectivity index (χ2v) is 9.07. The van der Waals surface area contributed by atoms with Crippen molar-refractivity contribution in [2.45, 2.75) is 77.2 Å². The third kappa shape index (κ3) is 9.08. The van der Waals surface area contributed by atoms with E-state index in [1.165, 1.54) is 44.9 Å². The van der Waals surface area contributed by atoms with Crippen molar-refractivity contribution in [2.75, 3.05) is 23.8 Å². The third-order valence-corrected chi connectivity index (χ3v) is 6.20. The standard InChI is InChI=1S/C28H39N3O3/c1-2-3-4-5-9-20-34-26-18-16-23(17-19-26)29-21-27(32)30-25-14-12-22(13-15-25)28(33)31-24-10-7-6-8-11-24/h12-19,24,29H,2-11,20-21H2,1H3,(H,30,32)(H,31,33). The van der Waals surface area contributed by atoms with Gasteiger partial charge in [-0.05, 0) is 67.8 Å². The van der Waals surface area contributed by atoms with Gasteiger partial charge in [0.05, 0.1) is 13.2 Å². The molecule has 0 atom stereocenters. The van der Waals surface area contributed by atoms with Gasteiger partial charge in [0.15, 0.2) is 0 Å². The van der Waals surface area contributed by atoms with E-state index in [-0.39, 0.29) is 24.4 Å². The van der Waals surface area contributed by atoms with E-state index >= 15 is 0 Å². The first kappa shape index (κ1) is 25.6. The highest BCUT2D eigenvalue weighted by molar-refractivity contribution is 5.96. The SMILES string of the molecule is CCCCCCCOc1ccc(NCC(=O)Nc2ccc(C(=O)NC3CCCCC3)cc2)cc1. The molecular formula is C28H39N3O3. The Bertz CT molecular complexity index is 875. The van der Waals surface area contributed by atoms with Gasteiger partial charge in [0.25, 0.3) is 5.91 Å². The van der Waals surface area contributed by atoms with Gasteiger partial charge in [-0.15, -0.1) is 0 Å². The summed E-state index contributed by atoms with van der Waals surface area (Å²) in [6.45, 7) is 3.11. The predicted octanol–water partition coefficient (Wildman–Crippen LogP) is 6.15. The summed E-state index contributed by atoms with van der Waals surface area (Å²) in [6.07, 6.45) is 11.8. The zero-order valence-corrected chi connectivity index (χ0v) is 20.4. The molecule has 0 aromatic heterocycles. The van der Waals surface area contributed by atoms with Crippen molar-refractivity contribution in [3.63, 3.8) is 0 Å². The molecule has 0 heterocycles. The fourth-order valence-corrected chi connectivity index (χ4v) is 4.17. The molecule has 6 heteroatoms. The molecule has 0 aliphatic heterocycles. The Morgan fingerprint density at radius 1 is 0.853 bits per heavy atom. The second kappa shape index (κ2) is 14.3. The molecule has 2 aromatic rings. The Kier molecular flexibility index (Phi) is 10.8. The van der Waals surface area contributed by atoms with E-state index in [4.69, 9.17) is 4.74 Å². The number of anilines is 2. The van der Waals surface area contributed by atoms with Gasteiger partial charge < -0.3 is 20.7 Å². The molecule has 3 rings (SSSR count). The number of carbonyl (C=O) groups is 2. The fraction of sp³-hybridized carbons (Fsp3) is 0.500. The zero-order valence-electron chi connectivity index (χ0n) is 20.4. The van der Waals surface area contributed by atoms with Gasteiger partial charge in [-0.1, -0.05) is 51.9 Å². The molecule has 1 aliphatic carbocycles. The Morgan fingerprint density at radius 3 is 2.24 bits per heavy atom. The van der Waals surface area contributed by atoms with Gasteiger partial charge in [-0.2, -0.15) is 0 Å². The molecule has 2 aromatic carbocycles. The number of hydrogen-bond acceptors (Lipinski definition) is 4. The van der Waals surface area contributed by atoms with Crippen molar-refractivity contribution in [3.05, 3.63) is 54.1 Å². The fourth-order valence-electron chi connectivity index (χ4n) is 4.17. The monoisotopic (exact) mass is 465 g/mol. The molecule has 0 radical (unpaired) electrons. The molecule has 0 unspecified atom stereocenters. The predicted molar refractivity (Wildman–Crippen MR) is 139 cm³/mol. The molecule has 0 saturated heterocycles. The summed E-state index contributed by atoms with van der Waals surface area (Å²) in [5.74, 6) is 0.653. The van der Waals surface area contributed by atoms with Gasteiger partial charge in [0.2, 0.25) is 5.91 Å². The minimum absolute atomic E-state index is 0.0460. The van der Waals surface area contributed by atoms with E-state index < -0.39 is 0 Å². The van der Waals surface area contributed by atoms with Gasteiger partial charge in [0.1, 0.15) is 5.75 Å². The van der Waals surface area contributed by atoms with E-state index in [1.54, 1.807) is 24.3 Å². The third-order valence-electron chi connectivity index (χ3n) is 6.20. The van der Waals surface area contributed by atoms with Crippen molar-refractivity contribution in [3.8, 4) is 5.75 Å². The smallest absolute Gasteiger partial charge is 0.251 e. The summed E-state index contributed by atoms with van der Waals surface area (Å²) in [6, 6.07) is 15.0. The van der Waals surface area contributed by atoms with Gasteiger partial charge in [-0.25, -0.2) is 0 Å². The van der Waals surface area contributed by atoms with Crippen LogP contribution < -0.4 is 20.7 Å². The van der Waals surface area contributed by atoms with Crippen LogP contribution in [-0.2, 0) is 4.79 Å². The Hall–Kier alpha value is -3.02. The van der Waals surface area contributed by atoms with Crippen LogP contribution in [-0.4, -0.2) is 31.0 Å². The Labute approximate surface area is 203 Å². The zero-order chi connectivity index (χ0) is 24.0. The van der Waals surface area contributed by atoms with E-state index in [1.807, 2.05) is 24.3 Å². The molecule has 3 N–H and O–H groups in total. The average molecular weight is 466 g/mol. The average Bonchev–Trinajstić information content (AvgIpc) is 2.86. The number of rotatable bonds is 13. The van der Waals surface area contributed by atoms with E-state index in [0.717, 1.165) is 37.3 Å². The quantitative estimate of drug-likeness (QED) is 0.310. The summed E-state index contributed by atoms with van der Waals surface area (Å²) >= 11 is 0. The van der Waals surface area contributed by atoms with Gasteiger partial charge >= 0.3 is 0 Å². The lowest BCUT2D eigenvalue weighted by Gasteiger charge is -2.22. The van der Waals surface area contributed by atoms with Crippen molar-refractivity contribution < 1.29 is 14.3 Å². The molecule has 1 aliphatic rings. The first-order chi connectivity index (χ1) is 16.6. The van der Waals surface area contributed by atoms with Crippen LogP contribution in [0, 0.1) is 0 Å². The molecule has 1 fully saturated rings. The highest BCUT2D eigenvalue weighted by Crippen LogP contribution is 2.19. The number of amides is 2. The molecule has 34 heavy (non-hydrogen) atoms. The Balaban J connectivity index is 1.35. The molecule has 0 bridgehead atoms. The van der Waals surface area contributed by atoms with E-state index in [0.29, 0.717) is 11.3 Å². The Morgan fingerprint density at radius 2 is 1.53 bits per heavy atom. The lowest BCUT2D eigenvalue weighted by molar-refractivity contribution is -0.114. The lowest BCUT2D eigenvalue weighted by atomic mass is 9.95. The summed E-state index contributed by atoms with van der Waals surface area (Å²) in [4.78, 5) is 24.7. The number of unbranched alkanes of at least 4 members (excludes halogenated alkanes) is 4. The summed E-state index contributed by atoms with van der Waals surface area (Å²) < 4.78 is 5.78. The van der Waals surface area contributed by atoms with E-state index in [9.17, 15) is 9.59 Å². The minimum atomic E-state index is -0.146. The summed E-state index contributed by atoms with van der Waals surface area (Å²) in [7, 11) is 0. The largest absolute Gasteiger partial charge is 0.494 e. The number of carbonyl (C=O) groups excluding carboxylic acids is 2. The van der Waals surface area contributed by atoms with Crippen LogP contribution in [0.25, 0.3) is 0 Å². The lowest BCUT2D eigenvalue weighted by Crippen LogP contribution is -2.36. The van der Waals surface area contributed by atoms with Crippen LogP contribution in [0.5, 0.6) is 5.75 Å². The van der Waals surface area contributed by atoms with Crippen LogP contribution in [0.3, 0.4) is 0 Å². The number of hydrogen-bond donors (Lipinski definition) is 3. The molecule has 1 saturated carbocycles. The van der Waals surface area contributed by atoms with Gasteiger partial charge in [-0.3, -0.25) is 9.59 Å².